The van der Waals surface area contributed by atoms with Crippen molar-refractivity contribution in [2.45, 2.75) is 51.5 Å². The van der Waals surface area contributed by atoms with Gasteiger partial charge in [0.25, 0.3) is 0 Å². The summed E-state index contributed by atoms with van der Waals surface area (Å²) in [6, 6.07) is 27.3. The molecule has 32 heavy (non-hydrogen) atoms. The molecule has 0 saturated heterocycles. The number of fused-ring (bicyclic) bond motifs is 1. The molecule has 2 atom stereocenters. The van der Waals surface area contributed by atoms with Crippen molar-refractivity contribution in [2.75, 3.05) is 26.8 Å². The number of methoxy groups -OCH3 is 1. The van der Waals surface area contributed by atoms with Crippen molar-refractivity contribution in [3.8, 4) is 22.3 Å². The Kier molecular flexibility index (Phi) is 7.78. The molecule has 0 fully saturated rings. The van der Waals surface area contributed by atoms with Crippen LogP contribution < -0.4 is 0 Å². The Balaban J connectivity index is 1.59. The van der Waals surface area contributed by atoms with Gasteiger partial charge in [-0.1, -0.05) is 86.6 Å². The molecule has 0 aromatic heterocycles. The first-order valence-electron chi connectivity index (χ1n) is 12.3. The highest BCUT2D eigenvalue weighted by Crippen LogP contribution is 2.37. The second-order valence-corrected chi connectivity index (χ2v) is 9.06. The summed E-state index contributed by atoms with van der Waals surface area (Å²) in [5, 5.41) is 0. The Morgan fingerprint density at radius 2 is 1.38 bits per heavy atom. The molecule has 0 bridgehead atoms. The third-order valence-corrected chi connectivity index (χ3v) is 6.88. The smallest absolute Gasteiger partial charge is 0.0546 e. The average Bonchev–Trinajstić information content (AvgIpc) is 2.85. The van der Waals surface area contributed by atoms with E-state index in [2.05, 4.69) is 91.5 Å². The third kappa shape index (κ3) is 4.98. The molecule has 2 heteroatoms. The molecule has 2 unspecified atom stereocenters. The molecule has 0 heterocycles. The van der Waals surface area contributed by atoms with Gasteiger partial charge in [0.05, 0.1) is 6.61 Å². The molecule has 4 rings (SSSR count). The highest BCUT2D eigenvalue weighted by Gasteiger charge is 2.33. The summed E-state index contributed by atoms with van der Waals surface area (Å²) < 4.78 is 5.72. The van der Waals surface area contributed by atoms with Crippen molar-refractivity contribution in [1.82, 2.24) is 4.90 Å². The molecule has 0 spiro atoms. The summed E-state index contributed by atoms with van der Waals surface area (Å²) in [7, 11) is 1.85. The van der Waals surface area contributed by atoms with Crippen LogP contribution in [0.1, 0.15) is 50.2 Å². The second-order valence-electron chi connectivity index (χ2n) is 9.06. The van der Waals surface area contributed by atoms with Gasteiger partial charge in [-0.2, -0.15) is 0 Å². The Morgan fingerprint density at radius 3 is 2.00 bits per heavy atom. The first-order chi connectivity index (χ1) is 15.7. The molecule has 0 amide bonds. The van der Waals surface area contributed by atoms with E-state index in [1.807, 2.05) is 7.11 Å². The van der Waals surface area contributed by atoms with E-state index >= 15 is 0 Å². The monoisotopic (exact) mass is 427 g/mol. The number of ether oxygens (including phenoxy) is 1. The minimum Gasteiger partial charge on any atom is -0.384 e. The van der Waals surface area contributed by atoms with Crippen molar-refractivity contribution in [3.63, 3.8) is 0 Å². The normalized spacial score (nSPS) is 18.0. The Bertz CT molecular complexity index is 973. The zero-order valence-electron chi connectivity index (χ0n) is 19.9. The lowest BCUT2D eigenvalue weighted by atomic mass is 9.77. The maximum Gasteiger partial charge on any atom is 0.0546 e. The quantitative estimate of drug-likeness (QED) is 0.358. The summed E-state index contributed by atoms with van der Waals surface area (Å²) >= 11 is 0. The lowest BCUT2D eigenvalue weighted by molar-refractivity contribution is 0.0964. The SMILES string of the molecule is CCCN(CCC)C1CCc2cc(-c3ccc(-c4ccccc4)cc3)ccc2C1COC. The van der Waals surface area contributed by atoms with Crippen LogP contribution >= 0.6 is 0 Å². The van der Waals surface area contributed by atoms with Crippen molar-refractivity contribution in [1.29, 1.82) is 0 Å². The van der Waals surface area contributed by atoms with Crippen LogP contribution in [0.25, 0.3) is 22.3 Å². The molecular weight excluding hydrogens is 390 g/mol. The fraction of sp³-hybridized carbons (Fsp3) is 0.400. The van der Waals surface area contributed by atoms with E-state index in [0.29, 0.717) is 12.0 Å². The predicted molar refractivity (Wildman–Crippen MR) is 136 cm³/mol. The van der Waals surface area contributed by atoms with Crippen LogP contribution in [0, 0.1) is 0 Å². The molecule has 0 aliphatic heterocycles. The molecule has 3 aromatic rings. The standard InChI is InChI=1S/C30H37NO/c1-4-19-31(20-5-2)30-18-16-27-21-26(15-17-28(27)29(30)22-32-3)25-13-11-24(12-14-25)23-9-7-6-8-10-23/h6-15,17,21,29-30H,4-5,16,18-20,22H2,1-3H3. The van der Waals surface area contributed by atoms with Gasteiger partial charge in [-0.3, -0.25) is 4.90 Å². The van der Waals surface area contributed by atoms with Crippen molar-refractivity contribution in [3.05, 3.63) is 83.9 Å². The molecule has 3 aromatic carbocycles. The first-order valence-corrected chi connectivity index (χ1v) is 12.3. The van der Waals surface area contributed by atoms with Crippen LogP contribution in [0.15, 0.2) is 72.8 Å². The maximum atomic E-state index is 5.72. The molecular formula is C30H37NO. The van der Waals surface area contributed by atoms with Crippen LogP contribution in [0.2, 0.25) is 0 Å². The third-order valence-electron chi connectivity index (χ3n) is 6.88. The van der Waals surface area contributed by atoms with Crippen LogP contribution in [0.4, 0.5) is 0 Å². The summed E-state index contributed by atoms with van der Waals surface area (Å²) in [4.78, 5) is 2.71. The van der Waals surface area contributed by atoms with E-state index in [4.69, 9.17) is 4.74 Å². The molecule has 168 valence electrons. The van der Waals surface area contributed by atoms with Gasteiger partial charge in [-0.25, -0.2) is 0 Å². The molecule has 2 nitrogen and oxygen atoms in total. The number of hydrogen-bond donors (Lipinski definition) is 0. The number of nitrogens with zero attached hydrogens (tertiary/aromatic N) is 1. The molecule has 1 aliphatic rings. The number of benzene rings is 3. The maximum absolute atomic E-state index is 5.72. The van der Waals surface area contributed by atoms with E-state index in [9.17, 15) is 0 Å². The zero-order valence-corrected chi connectivity index (χ0v) is 19.9. The van der Waals surface area contributed by atoms with Crippen molar-refractivity contribution in [2.24, 2.45) is 0 Å². The molecule has 0 saturated carbocycles. The van der Waals surface area contributed by atoms with Gasteiger partial charge in [-0.15, -0.1) is 0 Å². The minimum atomic E-state index is 0.455. The van der Waals surface area contributed by atoms with Crippen LogP contribution in [0.5, 0.6) is 0 Å². The van der Waals surface area contributed by atoms with Gasteiger partial charge in [0.2, 0.25) is 0 Å². The molecule has 1 aliphatic carbocycles. The zero-order chi connectivity index (χ0) is 22.3. The fourth-order valence-corrected chi connectivity index (χ4v) is 5.40. The first kappa shape index (κ1) is 22.8. The number of aryl methyl sites for hydroxylation is 1. The Labute approximate surface area is 194 Å². The number of rotatable bonds is 9. The highest BCUT2D eigenvalue weighted by molar-refractivity contribution is 5.71. The fourth-order valence-electron chi connectivity index (χ4n) is 5.40. The van der Waals surface area contributed by atoms with Crippen LogP contribution in [-0.2, 0) is 11.2 Å². The summed E-state index contributed by atoms with van der Waals surface area (Å²) in [5.41, 5.74) is 8.13. The summed E-state index contributed by atoms with van der Waals surface area (Å²) in [6.45, 7) is 7.74. The van der Waals surface area contributed by atoms with E-state index in [0.717, 1.165) is 13.0 Å². The van der Waals surface area contributed by atoms with E-state index in [-0.39, 0.29) is 0 Å². The summed E-state index contributed by atoms with van der Waals surface area (Å²) in [6.07, 6.45) is 4.79. The Morgan fingerprint density at radius 1 is 0.781 bits per heavy atom. The predicted octanol–water partition coefficient (Wildman–Crippen LogP) is 7.19. The van der Waals surface area contributed by atoms with Gasteiger partial charge in [-0.05, 0) is 72.2 Å². The Hall–Kier alpha value is -2.42. The largest absolute Gasteiger partial charge is 0.384 e. The van der Waals surface area contributed by atoms with Gasteiger partial charge in [0.15, 0.2) is 0 Å². The van der Waals surface area contributed by atoms with E-state index < -0.39 is 0 Å². The van der Waals surface area contributed by atoms with Gasteiger partial charge in [0.1, 0.15) is 0 Å². The average molecular weight is 428 g/mol. The molecule has 0 radical (unpaired) electrons. The lowest BCUT2D eigenvalue weighted by Crippen LogP contribution is -2.44. The minimum absolute atomic E-state index is 0.455. The van der Waals surface area contributed by atoms with E-state index in [1.165, 1.54) is 65.7 Å². The van der Waals surface area contributed by atoms with Gasteiger partial charge < -0.3 is 4.74 Å². The van der Waals surface area contributed by atoms with Crippen molar-refractivity contribution >= 4 is 0 Å². The van der Waals surface area contributed by atoms with Crippen molar-refractivity contribution < 1.29 is 4.74 Å². The van der Waals surface area contributed by atoms with E-state index in [1.54, 1.807) is 0 Å². The topological polar surface area (TPSA) is 12.5 Å². The van der Waals surface area contributed by atoms with Gasteiger partial charge in [0, 0.05) is 19.1 Å². The van der Waals surface area contributed by atoms with Gasteiger partial charge >= 0.3 is 0 Å². The number of hydrogen-bond acceptors (Lipinski definition) is 2. The highest BCUT2D eigenvalue weighted by atomic mass is 16.5. The van der Waals surface area contributed by atoms with Crippen LogP contribution in [-0.4, -0.2) is 37.7 Å². The molecule has 0 N–H and O–H groups in total. The lowest BCUT2D eigenvalue weighted by Gasteiger charge is -2.41. The second kappa shape index (κ2) is 10.9. The van der Waals surface area contributed by atoms with Crippen LogP contribution in [0.3, 0.4) is 0 Å². The summed E-state index contributed by atoms with van der Waals surface area (Å²) in [5.74, 6) is 0.455.